The van der Waals surface area contributed by atoms with Crippen molar-refractivity contribution in [3.05, 3.63) is 65.2 Å². The van der Waals surface area contributed by atoms with E-state index in [0.717, 1.165) is 18.5 Å². The molecule has 26 heavy (non-hydrogen) atoms. The Balaban J connectivity index is 1.53. The molecule has 2 amide bonds. The van der Waals surface area contributed by atoms with Gasteiger partial charge in [-0.15, -0.1) is 0 Å². The van der Waals surface area contributed by atoms with Crippen molar-refractivity contribution in [2.45, 2.75) is 33.1 Å². The fourth-order valence-corrected chi connectivity index (χ4v) is 3.30. The number of hydrogen-bond donors (Lipinski definition) is 1. The van der Waals surface area contributed by atoms with Gasteiger partial charge < -0.3 is 10.2 Å². The van der Waals surface area contributed by atoms with E-state index in [0.29, 0.717) is 19.5 Å². The smallest absolute Gasteiger partial charge is 0.239 e. The van der Waals surface area contributed by atoms with Gasteiger partial charge in [-0.3, -0.25) is 9.59 Å². The number of nitrogens with zero attached hydrogens (tertiary/aromatic N) is 1. The standard InChI is InChI=1S/C22H26N2O2/c1-3-17-8-10-19(11-9-17)24-15-13-20(22(24)26)21(25)23-14-12-18-6-4-16(2)5-7-18/h4-11,20H,3,12-15H2,1-2H3,(H,23,25)/t20-/m1/s1. The van der Waals surface area contributed by atoms with Crippen LogP contribution < -0.4 is 10.2 Å². The monoisotopic (exact) mass is 350 g/mol. The third-order valence-electron chi connectivity index (χ3n) is 5.01. The number of carbonyl (C=O) groups excluding carboxylic acids is 2. The second kappa shape index (κ2) is 8.17. The summed E-state index contributed by atoms with van der Waals surface area (Å²) in [6.07, 6.45) is 2.32. The zero-order valence-corrected chi connectivity index (χ0v) is 15.5. The minimum Gasteiger partial charge on any atom is -0.355 e. The van der Waals surface area contributed by atoms with Crippen molar-refractivity contribution in [2.24, 2.45) is 5.92 Å². The Hall–Kier alpha value is -2.62. The Morgan fingerprint density at radius 1 is 1.08 bits per heavy atom. The maximum Gasteiger partial charge on any atom is 0.239 e. The van der Waals surface area contributed by atoms with Gasteiger partial charge in [0.25, 0.3) is 0 Å². The van der Waals surface area contributed by atoms with E-state index in [2.05, 4.69) is 43.4 Å². The highest BCUT2D eigenvalue weighted by atomic mass is 16.2. The summed E-state index contributed by atoms with van der Waals surface area (Å²) in [7, 11) is 0. The highest BCUT2D eigenvalue weighted by Gasteiger charge is 2.37. The van der Waals surface area contributed by atoms with Crippen LogP contribution in [-0.4, -0.2) is 24.9 Å². The number of anilines is 1. The van der Waals surface area contributed by atoms with Crippen LogP contribution in [0, 0.1) is 12.8 Å². The van der Waals surface area contributed by atoms with Gasteiger partial charge in [-0.25, -0.2) is 0 Å². The first-order valence-electron chi connectivity index (χ1n) is 9.32. The molecule has 0 aliphatic carbocycles. The molecule has 4 nitrogen and oxygen atoms in total. The second-order valence-electron chi connectivity index (χ2n) is 6.88. The lowest BCUT2D eigenvalue weighted by atomic mass is 10.1. The van der Waals surface area contributed by atoms with Gasteiger partial charge in [-0.1, -0.05) is 48.9 Å². The summed E-state index contributed by atoms with van der Waals surface area (Å²) in [4.78, 5) is 26.8. The molecule has 1 fully saturated rings. The molecule has 3 rings (SSSR count). The second-order valence-corrected chi connectivity index (χ2v) is 6.88. The first-order chi connectivity index (χ1) is 12.6. The van der Waals surface area contributed by atoms with Crippen LogP contribution >= 0.6 is 0 Å². The third kappa shape index (κ3) is 4.13. The number of benzene rings is 2. The first-order valence-corrected chi connectivity index (χ1v) is 9.32. The molecule has 1 atom stereocenters. The van der Waals surface area contributed by atoms with Crippen molar-refractivity contribution in [3.8, 4) is 0 Å². The highest BCUT2D eigenvalue weighted by molar-refractivity contribution is 6.09. The molecular weight excluding hydrogens is 324 g/mol. The van der Waals surface area contributed by atoms with Crippen LogP contribution in [0.2, 0.25) is 0 Å². The zero-order chi connectivity index (χ0) is 18.5. The van der Waals surface area contributed by atoms with Gasteiger partial charge in [0.05, 0.1) is 0 Å². The minimum atomic E-state index is -0.570. The largest absolute Gasteiger partial charge is 0.355 e. The minimum absolute atomic E-state index is 0.0953. The van der Waals surface area contributed by atoms with Gasteiger partial charge in [0.1, 0.15) is 5.92 Å². The van der Waals surface area contributed by atoms with E-state index in [1.807, 2.05) is 24.3 Å². The van der Waals surface area contributed by atoms with Gasteiger partial charge in [0, 0.05) is 18.8 Å². The Bertz CT molecular complexity index is 766. The number of rotatable bonds is 6. The van der Waals surface area contributed by atoms with Gasteiger partial charge >= 0.3 is 0 Å². The molecule has 0 spiro atoms. The molecular formula is C22H26N2O2. The lowest BCUT2D eigenvalue weighted by Crippen LogP contribution is -2.37. The fraction of sp³-hybridized carbons (Fsp3) is 0.364. The summed E-state index contributed by atoms with van der Waals surface area (Å²) >= 11 is 0. The zero-order valence-electron chi connectivity index (χ0n) is 15.5. The third-order valence-corrected chi connectivity index (χ3v) is 5.01. The lowest BCUT2D eigenvalue weighted by molar-refractivity contribution is -0.132. The topological polar surface area (TPSA) is 49.4 Å². The molecule has 2 aromatic carbocycles. The van der Waals surface area contributed by atoms with Crippen LogP contribution in [0.4, 0.5) is 5.69 Å². The van der Waals surface area contributed by atoms with Crippen molar-refractivity contribution in [1.82, 2.24) is 5.32 Å². The Labute approximate surface area is 155 Å². The van der Waals surface area contributed by atoms with Crippen LogP contribution in [-0.2, 0) is 22.4 Å². The van der Waals surface area contributed by atoms with Crippen LogP contribution in [0.5, 0.6) is 0 Å². The maximum atomic E-state index is 12.6. The van der Waals surface area contributed by atoms with Crippen LogP contribution in [0.25, 0.3) is 0 Å². The number of aryl methyl sites for hydroxylation is 2. The molecule has 2 aromatic rings. The summed E-state index contributed by atoms with van der Waals surface area (Å²) in [6, 6.07) is 16.3. The molecule has 0 bridgehead atoms. The van der Waals surface area contributed by atoms with Crippen LogP contribution in [0.1, 0.15) is 30.0 Å². The Morgan fingerprint density at radius 2 is 1.73 bits per heavy atom. The van der Waals surface area contributed by atoms with Gasteiger partial charge in [0.2, 0.25) is 11.8 Å². The molecule has 136 valence electrons. The van der Waals surface area contributed by atoms with Crippen molar-refractivity contribution in [1.29, 1.82) is 0 Å². The van der Waals surface area contributed by atoms with Crippen molar-refractivity contribution in [2.75, 3.05) is 18.0 Å². The predicted molar refractivity (Wildman–Crippen MR) is 104 cm³/mol. The average molecular weight is 350 g/mol. The number of carbonyl (C=O) groups is 2. The molecule has 1 heterocycles. The maximum absolute atomic E-state index is 12.6. The number of amides is 2. The normalized spacial score (nSPS) is 16.8. The van der Waals surface area contributed by atoms with E-state index in [4.69, 9.17) is 0 Å². The summed E-state index contributed by atoms with van der Waals surface area (Å²) in [6.45, 7) is 5.31. The average Bonchev–Trinajstić information content (AvgIpc) is 3.05. The van der Waals surface area contributed by atoms with Crippen molar-refractivity contribution < 1.29 is 9.59 Å². The van der Waals surface area contributed by atoms with Gasteiger partial charge in [-0.2, -0.15) is 0 Å². The van der Waals surface area contributed by atoms with E-state index in [1.165, 1.54) is 16.7 Å². The quantitative estimate of drug-likeness (QED) is 0.813. The first kappa shape index (κ1) is 18.2. The molecule has 0 aromatic heterocycles. The summed E-state index contributed by atoms with van der Waals surface area (Å²) in [5, 5.41) is 2.92. The van der Waals surface area contributed by atoms with Gasteiger partial charge in [0.15, 0.2) is 0 Å². The molecule has 0 saturated carbocycles. The predicted octanol–water partition coefficient (Wildman–Crippen LogP) is 3.27. The fourth-order valence-electron chi connectivity index (χ4n) is 3.30. The summed E-state index contributed by atoms with van der Waals surface area (Å²) in [5.74, 6) is -0.823. The molecule has 1 saturated heterocycles. The molecule has 1 aliphatic rings. The molecule has 1 N–H and O–H groups in total. The Kier molecular flexibility index (Phi) is 5.71. The Morgan fingerprint density at radius 3 is 2.38 bits per heavy atom. The van der Waals surface area contributed by atoms with Crippen LogP contribution in [0.15, 0.2) is 48.5 Å². The number of hydrogen-bond acceptors (Lipinski definition) is 2. The van der Waals surface area contributed by atoms with Crippen molar-refractivity contribution >= 4 is 17.5 Å². The van der Waals surface area contributed by atoms with Crippen molar-refractivity contribution in [3.63, 3.8) is 0 Å². The number of nitrogens with one attached hydrogen (secondary N) is 1. The van der Waals surface area contributed by atoms with E-state index in [9.17, 15) is 9.59 Å². The lowest BCUT2D eigenvalue weighted by Gasteiger charge is -2.17. The molecule has 0 unspecified atom stereocenters. The molecule has 4 heteroatoms. The SMILES string of the molecule is CCc1ccc(N2CC[C@H](C(=O)NCCc3ccc(C)cc3)C2=O)cc1. The van der Waals surface area contributed by atoms with Crippen LogP contribution in [0.3, 0.4) is 0 Å². The van der Waals surface area contributed by atoms with E-state index in [-0.39, 0.29) is 11.8 Å². The van der Waals surface area contributed by atoms with E-state index in [1.54, 1.807) is 4.90 Å². The molecule has 0 radical (unpaired) electrons. The summed E-state index contributed by atoms with van der Waals surface area (Å²) < 4.78 is 0. The van der Waals surface area contributed by atoms with E-state index < -0.39 is 5.92 Å². The van der Waals surface area contributed by atoms with E-state index >= 15 is 0 Å². The van der Waals surface area contributed by atoms with Gasteiger partial charge in [-0.05, 0) is 49.4 Å². The molecule has 1 aliphatic heterocycles. The summed E-state index contributed by atoms with van der Waals surface area (Å²) in [5.41, 5.74) is 4.53. The highest BCUT2D eigenvalue weighted by Crippen LogP contribution is 2.25.